The Morgan fingerprint density at radius 3 is 2.50 bits per heavy atom. The van der Waals surface area contributed by atoms with Crippen molar-refractivity contribution in [1.82, 2.24) is 5.32 Å². The van der Waals surface area contributed by atoms with Gasteiger partial charge in [0.1, 0.15) is 6.04 Å². The molecule has 0 spiro atoms. The van der Waals surface area contributed by atoms with Gasteiger partial charge < -0.3 is 10.1 Å². The van der Waals surface area contributed by atoms with Gasteiger partial charge in [-0.15, -0.1) is 0 Å². The molecule has 1 aromatic rings. The number of rotatable bonds is 6. The van der Waals surface area contributed by atoms with Gasteiger partial charge in [0, 0.05) is 6.92 Å². The Bertz CT molecular complexity index is 389. The highest BCUT2D eigenvalue weighted by Gasteiger charge is 2.20. The zero-order valence-corrected chi connectivity index (χ0v) is 10.8. The van der Waals surface area contributed by atoms with Crippen molar-refractivity contribution >= 4 is 11.9 Å². The molecule has 0 bridgehead atoms. The van der Waals surface area contributed by atoms with Crippen molar-refractivity contribution in [1.29, 1.82) is 0 Å². The Kier molecular flexibility index (Phi) is 5.91. The molecular weight excluding hydrogens is 230 g/mol. The maximum atomic E-state index is 11.7. The zero-order chi connectivity index (χ0) is 13.4. The van der Waals surface area contributed by atoms with E-state index in [9.17, 15) is 9.59 Å². The molecule has 4 nitrogen and oxygen atoms in total. The fraction of sp³-hybridized carbons (Fsp3) is 0.429. The number of amides is 1. The van der Waals surface area contributed by atoms with Crippen molar-refractivity contribution < 1.29 is 14.3 Å². The quantitative estimate of drug-likeness (QED) is 0.780. The topological polar surface area (TPSA) is 55.4 Å². The molecule has 0 saturated heterocycles. The van der Waals surface area contributed by atoms with Crippen LogP contribution in [0.3, 0.4) is 0 Å². The maximum absolute atomic E-state index is 11.7. The monoisotopic (exact) mass is 249 g/mol. The van der Waals surface area contributed by atoms with Crippen molar-refractivity contribution in [3.05, 3.63) is 35.9 Å². The van der Waals surface area contributed by atoms with Crippen LogP contribution in [0.1, 0.15) is 25.8 Å². The number of carbonyl (C=O) groups excluding carboxylic acids is 2. The van der Waals surface area contributed by atoms with Crippen LogP contribution in [0, 0.1) is 0 Å². The smallest absolute Gasteiger partial charge is 0.328 e. The summed E-state index contributed by atoms with van der Waals surface area (Å²) in [5, 5.41) is 2.62. The third kappa shape index (κ3) is 4.99. The van der Waals surface area contributed by atoms with Crippen LogP contribution in [0.2, 0.25) is 0 Å². The summed E-state index contributed by atoms with van der Waals surface area (Å²) in [6.45, 7) is 3.47. The standard InChI is InChI=1S/C14H19NO3/c1-3-18-14(17)13(15-11(2)16)10-9-12-7-5-4-6-8-12/h4-8,13H,3,9-10H2,1-2H3,(H,15,16)/t13-/m0/s1. The molecule has 0 unspecified atom stereocenters. The summed E-state index contributed by atoms with van der Waals surface area (Å²) in [6.07, 6.45) is 1.27. The lowest BCUT2D eigenvalue weighted by molar-refractivity contribution is -0.147. The van der Waals surface area contributed by atoms with Gasteiger partial charge in [0.15, 0.2) is 0 Å². The van der Waals surface area contributed by atoms with E-state index < -0.39 is 6.04 Å². The van der Waals surface area contributed by atoms with Gasteiger partial charge in [-0.1, -0.05) is 30.3 Å². The molecule has 0 aliphatic rings. The Labute approximate surface area is 107 Å². The molecular formula is C14H19NO3. The molecule has 1 N–H and O–H groups in total. The second-order valence-electron chi connectivity index (χ2n) is 4.03. The van der Waals surface area contributed by atoms with E-state index in [4.69, 9.17) is 4.74 Å². The van der Waals surface area contributed by atoms with E-state index in [1.807, 2.05) is 30.3 Å². The normalized spacial score (nSPS) is 11.7. The third-order valence-electron chi connectivity index (χ3n) is 2.51. The highest BCUT2D eigenvalue weighted by molar-refractivity contribution is 5.83. The molecule has 98 valence electrons. The van der Waals surface area contributed by atoms with Crippen LogP contribution in [0.4, 0.5) is 0 Å². The molecule has 4 heteroatoms. The minimum Gasteiger partial charge on any atom is -0.464 e. The van der Waals surface area contributed by atoms with Crippen LogP contribution >= 0.6 is 0 Å². The van der Waals surface area contributed by atoms with Gasteiger partial charge >= 0.3 is 5.97 Å². The second kappa shape index (κ2) is 7.48. The fourth-order valence-corrected chi connectivity index (χ4v) is 1.69. The minimum atomic E-state index is -0.567. The average Bonchev–Trinajstić information content (AvgIpc) is 2.35. The van der Waals surface area contributed by atoms with Crippen molar-refractivity contribution in [2.75, 3.05) is 6.61 Å². The lowest BCUT2D eigenvalue weighted by Gasteiger charge is -2.16. The van der Waals surface area contributed by atoms with Gasteiger partial charge in [-0.2, -0.15) is 0 Å². The Hall–Kier alpha value is -1.84. The van der Waals surface area contributed by atoms with E-state index in [1.54, 1.807) is 6.92 Å². The molecule has 0 aromatic heterocycles. The summed E-state index contributed by atoms with van der Waals surface area (Å²) in [5.41, 5.74) is 1.14. The van der Waals surface area contributed by atoms with Gasteiger partial charge in [-0.25, -0.2) is 4.79 Å². The van der Waals surface area contributed by atoms with Crippen molar-refractivity contribution in [3.63, 3.8) is 0 Å². The van der Waals surface area contributed by atoms with Crippen molar-refractivity contribution in [2.45, 2.75) is 32.7 Å². The van der Waals surface area contributed by atoms with E-state index in [0.29, 0.717) is 13.0 Å². The summed E-state index contributed by atoms with van der Waals surface area (Å²) in [5.74, 6) is -0.593. The summed E-state index contributed by atoms with van der Waals surface area (Å²) < 4.78 is 4.94. The van der Waals surface area contributed by atoms with E-state index >= 15 is 0 Å². The largest absolute Gasteiger partial charge is 0.464 e. The first kappa shape index (κ1) is 14.2. The predicted molar refractivity (Wildman–Crippen MR) is 69.0 cm³/mol. The van der Waals surface area contributed by atoms with Crippen molar-refractivity contribution in [2.24, 2.45) is 0 Å². The second-order valence-corrected chi connectivity index (χ2v) is 4.03. The lowest BCUT2D eigenvalue weighted by Crippen LogP contribution is -2.41. The Morgan fingerprint density at radius 1 is 1.28 bits per heavy atom. The van der Waals surface area contributed by atoms with Gasteiger partial charge in [0.25, 0.3) is 0 Å². The molecule has 0 fully saturated rings. The SMILES string of the molecule is CCOC(=O)[C@H](CCc1ccccc1)NC(C)=O. The number of aryl methyl sites for hydroxylation is 1. The molecule has 0 saturated carbocycles. The molecule has 0 heterocycles. The van der Waals surface area contributed by atoms with E-state index in [-0.39, 0.29) is 11.9 Å². The average molecular weight is 249 g/mol. The number of ether oxygens (including phenoxy) is 1. The van der Waals surface area contributed by atoms with Crippen LogP contribution < -0.4 is 5.32 Å². The molecule has 0 radical (unpaired) electrons. The molecule has 1 aromatic carbocycles. The summed E-state index contributed by atoms with van der Waals surface area (Å²) >= 11 is 0. The van der Waals surface area contributed by atoms with Crippen LogP contribution in [0.25, 0.3) is 0 Å². The minimum absolute atomic E-state index is 0.221. The highest BCUT2D eigenvalue weighted by atomic mass is 16.5. The van der Waals surface area contributed by atoms with Crippen LogP contribution in [-0.2, 0) is 20.7 Å². The molecule has 1 amide bonds. The van der Waals surface area contributed by atoms with E-state index in [1.165, 1.54) is 6.92 Å². The van der Waals surface area contributed by atoms with E-state index in [2.05, 4.69) is 5.32 Å². The number of esters is 1. The van der Waals surface area contributed by atoms with Crippen LogP contribution in [0.5, 0.6) is 0 Å². The Balaban J connectivity index is 2.55. The highest BCUT2D eigenvalue weighted by Crippen LogP contribution is 2.06. The third-order valence-corrected chi connectivity index (χ3v) is 2.51. The predicted octanol–water partition coefficient (Wildman–Crippen LogP) is 1.69. The van der Waals surface area contributed by atoms with Crippen LogP contribution in [0.15, 0.2) is 30.3 Å². The summed E-state index contributed by atoms with van der Waals surface area (Å²) in [7, 11) is 0. The number of carbonyl (C=O) groups is 2. The summed E-state index contributed by atoms with van der Waals surface area (Å²) in [6, 6.07) is 9.27. The Morgan fingerprint density at radius 2 is 1.94 bits per heavy atom. The molecule has 0 aliphatic heterocycles. The first-order valence-electron chi connectivity index (χ1n) is 6.11. The first-order valence-corrected chi connectivity index (χ1v) is 6.11. The molecule has 1 rings (SSSR count). The first-order chi connectivity index (χ1) is 8.63. The van der Waals surface area contributed by atoms with Gasteiger partial charge in [-0.3, -0.25) is 4.79 Å². The molecule has 18 heavy (non-hydrogen) atoms. The molecule has 1 atom stereocenters. The van der Waals surface area contributed by atoms with Gasteiger partial charge in [0.2, 0.25) is 5.91 Å². The number of hydrogen-bond donors (Lipinski definition) is 1. The van der Waals surface area contributed by atoms with Gasteiger partial charge in [-0.05, 0) is 25.3 Å². The maximum Gasteiger partial charge on any atom is 0.328 e. The molecule has 0 aliphatic carbocycles. The fourth-order valence-electron chi connectivity index (χ4n) is 1.69. The lowest BCUT2D eigenvalue weighted by atomic mass is 10.1. The number of hydrogen-bond acceptors (Lipinski definition) is 3. The zero-order valence-electron chi connectivity index (χ0n) is 10.8. The summed E-state index contributed by atoms with van der Waals surface area (Å²) in [4.78, 5) is 22.7. The van der Waals surface area contributed by atoms with E-state index in [0.717, 1.165) is 12.0 Å². The number of benzene rings is 1. The number of nitrogens with one attached hydrogen (secondary N) is 1. The van der Waals surface area contributed by atoms with Gasteiger partial charge in [0.05, 0.1) is 6.61 Å². The van der Waals surface area contributed by atoms with Crippen molar-refractivity contribution in [3.8, 4) is 0 Å². The van der Waals surface area contributed by atoms with Crippen LogP contribution in [-0.4, -0.2) is 24.5 Å².